The molecule has 2 aromatic rings. The highest BCUT2D eigenvalue weighted by molar-refractivity contribution is 5.94. The number of ether oxygens (including phenoxy) is 5. The van der Waals surface area contributed by atoms with E-state index in [1.807, 2.05) is 6.92 Å². The Labute approximate surface area is 151 Å². The molecular weight excluding hydrogens is 338 g/mol. The van der Waals surface area contributed by atoms with Crippen LogP contribution in [0.3, 0.4) is 0 Å². The van der Waals surface area contributed by atoms with Gasteiger partial charge in [0.05, 0.1) is 20.3 Å². The Morgan fingerprint density at radius 2 is 1.92 bits per heavy atom. The van der Waals surface area contributed by atoms with Gasteiger partial charge in [-0.05, 0) is 37.3 Å². The van der Waals surface area contributed by atoms with Gasteiger partial charge in [0.1, 0.15) is 12.4 Å². The van der Waals surface area contributed by atoms with Gasteiger partial charge in [-0.15, -0.1) is 0 Å². The van der Waals surface area contributed by atoms with Gasteiger partial charge in [-0.3, -0.25) is 4.79 Å². The van der Waals surface area contributed by atoms with Crippen molar-refractivity contribution in [3.63, 3.8) is 0 Å². The number of amides is 1. The summed E-state index contributed by atoms with van der Waals surface area (Å²) in [6.07, 6.45) is 0. The first kappa shape index (κ1) is 17.7. The zero-order valence-electron chi connectivity index (χ0n) is 14.7. The first-order valence-electron chi connectivity index (χ1n) is 8.32. The number of fused-ring (bicyclic) bond motifs is 1. The summed E-state index contributed by atoms with van der Waals surface area (Å²) in [5.74, 6) is 2.95. The molecule has 138 valence electrons. The van der Waals surface area contributed by atoms with Crippen LogP contribution < -0.4 is 29.0 Å². The molecule has 1 amide bonds. The number of nitrogens with one attached hydrogen (secondary N) is 1. The molecule has 0 saturated heterocycles. The number of carbonyl (C=O) groups excluding carboxylic acids is 1. The molecule has 0 bridgehead atoms. The predicted molar refractivity (Wildman–Crippen MR) is 94.6 cm³/mol. The molecule has 0 saturated carbocycles. The van der Waals surface area contributed by atoms with Crippen LogP contribution in [0, 0.1) is 0 Å². The van der Waals surface area contributed by atoms with E-state index in [4.69, 9.17) is 23.7 Å². The monoisotopic (exact) mass is 359 g/mol. The van der Waals surface area contributed by atoms with Gasteiger partial charge in [0.25, 0.3) is 5.91 Å². The van der Waals surface area contributed by atoms with Crippen molar-refractivity contribution in [3.05, 3.63) is 42.0 Å². The van der Waals surface area contributed by atoms with Crippen LogP contribution >= 0.6 is 0 Å². The summed E-state index contributed by atoms with van der Waals surface area (Å²) in [5.41, 5.74) is 0.494. The quantitative estimate of drug-likeness (QED) is 0.731. The molecule has 0 aliphatic carbocycles. The number of carbonyl (C=O) groups is 1. The zero-order valence-corrected chi connectivity index (χ0v) is 14.7. The van der Waals surface area contributed by atoms with Crippen LogP contribution in [0.15, 0.2) is 36.4 Å². The molecule has 1 aliphatic heterocycles. The van der Waals surface area contributed by atoms with E-state index in [1.54, 1.807) is 43.5 Å². The largest absolute Gasteiger partial charge is 0.493 e. The molecule has 2 aromatic carbocycles. The Hall–Kier alpha value is -3.09. The third kappa shape index (κ3) is 4.11. The molecule has 0 atom stereocenters. The van der Waals surface area contributed by atoms with Crippen molar-refractivity contribution >= 4 is 5.91 Å². The maximum Gasteiger partial charge on any atom is 0.251 e. The highest BCUT2D eigenvalue weighted by Crippen LogP contribution is 2.35. The van der Waals surface area contributed by atoms with Crippen molar-refractivity contribution in [1.29, 1.82) is 0 Å². The average Bonchev–Trinajstić information content (AvgIpc) is 3.13. The van der Waals surface area contributed by atoms with E-state index in [-0.39, 0.29) is 12.7 Å². The van der Waals surface area contributed by atoms with Gasteiger partial charge in [0, 0.05) is 11.6 Å². The van der Waals surface area contributed by atoms with Crippen molar-refractivity contribution in [2.24, 2.45) is 0 Å². The molecule has 26 heavy (non-hydrogen) atoms. The number of rotatable bonds is 8. The second-order valence-corrected chi connectivity index (χ2v) is 5.42. The van der Waals surface area contributed by atoms with Crippen LogP contribution in [0.1, 0.15) is 17.3 Å². The minimum Gasteiger partial charge on any atom is -0.493 e. The fraction of sp³-hybridized carbons (Fsp3) is 0.316. The summed E-state index contributed by atoms with van der Waals surface area (Å²) in [6, 6.07) is 10.4. The van der Waals surface area contributed by atoms with Gasteiger partial charge in [-0.25, -0.2) is 0 Å². The molecule has 1 aliphatic rings. The molecule has 1 N–H and O–H groups in total. The van der Waals surface area contributed by atoms with Crippen molar-refractivity contribution in [2.45, 2.75) is 6.92 Å². The van der Waals surface area contributed by atoms with Gasteiger partial charge < -0.3 is 29.0 Å². The van der Waals surface area contributed by atoms with Gasteiger partial charge >= 0.3 is 0 Å². The number of hydrogen-bond donors (Lipinski definition) is 1. The molecule has 0 aromatic heterocycles. The Balaban J connectivity index is 1.49. The van der Waals surface area contributed by atoms with Crippen LogP contribution in [-0.2, 0) is 0 Å². The zero-order chi connectivity index (χ0) is 18.4. The first-order chi connectivity index (χ1) is 12.7. The first-order valence-corrected chi connectivity index (χ1v) is 8.32. The Morgan fingerprint density at radius 1 is 1.08 bits per heavy atom. The number of methoxy groups -OCH3 is 1. The van der Waals surface area contributed by atoms with Crippen LogP contribution in [0.4, 0.5) is 0 Å². The number of benzene rings is 2. The molecule has 0 spiro atoms. The third-order valence-electron chi connectivity index (χ3n) is 3.73. The van der Waals surface area contributed by atoms with Gasteiger partial charge in [-0.2, -0.15) is 0 Å². The standard InChI is InChI=1S/C19H21NO6/c1-3-23-15-6-4-13(10-17(15)22-2)19(21)20-8-9-24-14-5-7-16-18(11-14)26-12-25-16/h4-7,10-11H,3,8-9,12H2,1-2H3,(H,20,21). The molecule has 7 nitrogen and oxygen atoms in total. The summed E-state index contributed by atoms with van der Waals surface area (Å²) in [7, 11) is 1.54. The highest BCUT2D eigenvalue weighted by Gasteiger charge is 2.14. The van der Waals surface area contributed by atoms with E-state index >= 15 is 0 Å². The van der Waals surface area contributed by atoms with Crippen LogP contribution in [-0.4, -0.2) is 39.6 Å². The highest BCUT2D eigenvalue weighted by atomic mass is 16.7. The molecule has 0 unspecified atom stereocenters. The molecule has 0 radical (unpaired) electrons. The maximum absolute atomic E-state index is 12.2. The fourth-order valence-electron chi connectivity index (χ4n) is 2.49. The predicted octanol–water partition coefficient (Wildman–Crippen LogP) is 2.63. The van der Waals surface area contributed by atoms with Crippen LogP contribution in [0.2, 0.25) is 0 Å². The fourth-order valence-corrected chi connectivity index (χ4v) is 2.49. The molecule has 3 rings (SSSR count). The lowest BCUT2D eigenvalue weighted by molar-refractivity contribution is 0.0946. The van der Waals surface area contributed by atoms with E-state index in [9.17, 15) is 4.79 Å². The summed E-state index contributed by atoms with van der Waals surface area (Å²) in [6.45, 7) is 3.34. The lowest BCUT2D eigenvalue weighted by Gasteiger charge is -2.11. The topological polar surface area (TPSA) is 75.3 Å². The van der Waals surface area contributed by atoms with Crippen LogP contribution in [0.5, 0.6) is 28.7 Å². The summed E-state index contributed by atoms with van der Waals surface area (Å²) >= 11 is 0. The van der Waals surface area contributed by atoms with Gasteiger partial charge in [0.15, 0.2) is 23.0 Å². The Morgan fingerprint density at radius 3 is 2.73 bits per heavy atom. The third-order valence-corrected chi connectivity index (χ3v) is 3.73. The van der Waals surface area contributed by atoms with Crippen molar-refractivity contribution in [1.82, 2.24) is 5.32 Å². The second kappa shape index (κ2) is 8.33. The lowest BCUT2D eigenvalue weighted by atomic mass is 10.2. The summed E-state index contributed by atoms with van der Waals surface area (Å²) < 4.78 is 26.9. The van der Waals surface area contributed by atoms with E-state index < -0.39 is 0 Å². The van der Waals surface area contributed by atoms with E-state index in [1.165, 1.54) is 0 Å². The minimum atomic E-state index is -0.208. The smallest absolute Gasteiger partial charge is 0.251 e. The van der Waals surface area contributed by atoms with E-state index in [0.29, 0.717) is 54.1 Å². The second-order valence-electron chi connectivity index (χ2n) is 5.42. The summed E-state index contributed by atoms with van der Waals surface area (Å²) in [4.78, 5) is 12.2. The van der Waals surface area contributed by atoms with Crippen molar-refractivity contribution in [2.75, 3.05) is 33.7 Å². The van der Waals surface area contributed by atoms with E-state index in [2.05, 4.69) is 5.32 Å². The molecular formula is C19H21NO6. The van der Waals surface area contributed by atoms with Gasteiger partial charge in [0.2, 0.25) is 6.79 Å². The normalized spacial score (nSPS) is 11.8. The van der Waals surface area contributed by atoms with Gasteiger partial charge in [-0.1, -0.05) is 0 Å². The van der Waals surface area contributed by atoms with Crippen LogP contribution in [0.25, 0.3) is 0 Å². The SMILES string of the molecule is CCOc1ccc(C(=O)NCCOc2ccc3c(c2)OCO3)cc1OC. The number of hydrogen-bond acceptors (Lipinski definition) is 6. The lowest BCUT2D eigenvalue weighted by Crippen LogP contribution is -2.28. The molecule has 1 heterocycles. The Kier molecular flexibility index (Phi) is 5.68. The molecule has 0 fully saturated rings. The maximum atomic E-state index is 12.2. The van der Waals surface area contributed by atoms with E-state index in [0.717, 1.165) is 0 Å². The van der Waals surface area contributed by atoms with Crippen molar-refractivity contribution < 1.29 is 28.5 Å². The average molecular weight is 359 g/mol. The van der Waals surface area contributed by atoms with Crippen molar-refractivity contribution in [3.8, 4) is 28.7 Å². The Bertz CT molecular complexity index is 777. The summed E-state index contributed by atoms with van der Waals surface area (Å²) in [5, 5.41) is 2.81. The minimum absolute atomic E-state index is 0.208. The molecule has 7 heteroatoms.